The van der Waals surface area contributed by atoms with Gasteiger partial charge in [0.25, 0.3) is 11.5 Å². The Morgan fingerprint density at radius 3 is 2.55 bits per heavy atom. The van der Waals surface area contributed by atoms with Crippen LogP contribution in [0.25, 0.3) is 0 Å². The van der Waals surface area contributed by atoms with Gasteiger partial charge in [-0.25, -0.2) is 4.98 Å². The van der Waals surface area contributed by atoms with Gasteiger partial charge in [0, 0.05) is 36.8 Å². The van der Waals surface area contributed by atoms with E-state index in [-0.39, 0.29) is 17.5 Å². The fraction of sp³-hybridized carbons (Fsp3) is 0.560. The zero-order valence-corrected chi connectivity index (χ0v) is 18.2. The number of carbonyl (C=O) groups excluding carboxylic acids is 1. The average molecular weight is 421 g/mol. The third-order valence-electron chi connectivity index (χ3n) is 7.31. The predicted molar refractivity (Wildman–Crippen MR) is 120 cm³/mol. The topological polar surface area (TPSA) is 69.3 Å². The second-order valence-corrected chi connectivity index (χ2v) is 9.26. The third kappa shape index (κ3) is 4.18. The summed E-state index contributed by atoms with van der Waals surface area (Å²) in [5.41, 5.74) is 2.44. The second kappa shape index (κ2) is 8.95. The molecule has 3 aliphatic rings. The monoisotopic (exact) mass is 420 g/mol. The fourth-order valence-corrected chi connectivity index (χ4v) is 5.60. The fourth-order valence-electron chi connectivity index (χ4n) is 5.60. The summed E-state index contributed by atoms with van der Waals surface area (Å²) in [5.74, 6) is 0.688. The molecule has 2 aromatic rings. The summed E-state index contributed by atoms with van der Waals surface area (Å²) in [6, 6.07) is 9.89. The molecule has 31 heavy (non-hydrogen) atoms. The zero-order valence-electron chi connectivity index (χ0n) is 18.2. The van der Waals surface area contributed by atoms with Crippen LogP contribution >= 0.6 is 0 Å². The molecule has 6 nitrogen and oxygen atoms in total. The van der Waals surface area contributed by atoms with Crippen LogP contribution in [0.1, 0.15) is 84.8 Å². The van der Waals surface area contributed by atoms with E-state index >= 15 is 0 Å². The molecule has 3 heterocycles. The van der Waals surface area contributed by atoms with Gasteiger partial charge in [0.1, 0.15) is 5.82 Å². The zero-order chi connectivity index (χ0) is 21.2. The molecule has 0 unspecified atom stereocenters. The van der Waals surface area contributed by atoms with Gasteiger partial charge in [0.15, 0.2) is 0 Å². The van der Waals surface area contributed by atoms with E-state index in [1.807, 2.05) is 35.2 Å². The second-order valence-electron chi connectivity index (χ2n) is 9.26. The van der Waals surface area contributed by atoms with Gasteiger partial charge in [0.05, 0.1) is 11.7 Å². The van der Waals surface area contributed by atoms with Crippen molar-refractivity contribution in [3.05, 3.63) is 63.3 Å². The van der Waals surface area contributed by atoms with E-state index in [9.17, 15) is 9.59 Å². The molecule has 0 radical (unpaired) electrons. The molecule has 2 aliphatic heterocycles. The number of aromatic amines is 1. The highest BCUT2D eigenvalue weighted by Crippen LogP contribution is 2.31. The number of hydrogen-bond donors (Lipinski definition) is 1. The van der Waals surface area contributed by atoms with Gasteiger partial charge < -0.3 is 9.88 Å². The molecule has 1 saturated heterocycles. The van der Waals surface area contributed by atoms with E-state index < -0.39 is 0 Å². The molecule has 1 aromatic heterocycles. The smallest absolute Gasteiger partial charge is 0.254 e. The number of rotatable bonds is 3. The van der Waals surface area contributed by atoms with E-state index in [4.69, 9.17) is 4.98 Å². The highest BCUT2D eigenvalue weighted by Gasteiger charge is 2.33. The summed E-state index contributed by atoms with van der Waals surface area (Å²) in [7, 11) is 0. The first-order valence-corrected chi connectivity index (χ1v) is 11.9. The molecule has 0 spiro atoms. The van der Waals surface area contributed by atoms with Gasteiger partial charge in [0.2, 0.25) is 0 Å². The molecular weight excluding hydrogens is 388 g/mol. The molecule has 6 heteroatoms. The number of benzene rings is 1. The molecule has 1 atom stereocenters. The third-order valence-corrected chi connectivity index (χ3v) is 7.31. The quantitative estimate of drug-likeness (QED) is 0.819. The average Bonchev–Trinajstić information content (AvgIpc) is 2.84. The van der Waals surface area contributed by atoms with E-state index in [1.165, 1.54) is 32.1 Å². The lowest BCUT2D eigenvalue weighted by molar-refractivity contribution is 0.0598. The standard InChI is InChI=1S/C25H32N4O2/c30-24-20-14-16-28(19-11-5-2-6-12-19)17-21(20)26-23(27-24)22-13-7-8-15-29(22)25(31)18-9-3-1-4-10-18/h1,3-4,9-10,19,22H,2,5-8,11-17H2,(H,26,27,30)/t22-/m1/s1. The lowest BCUT2D eigenvalue weighted by Gasteiger charge is -2.38. The summed E-state index contributed by atoms with van der Waals surface area (Å²) in [6.07, 6.45) is 10.1. The van der Waals surface area contributed by atoms with Crippen LogP contribution in [0.4, 0.5) is 0 Å². The first-order chi connectivity index (χ1) is 15.2. The molecule has 1 saturated carbocycles. The predicted octanol–water partition coefficient (Wildman–Crippen LogP) is 3.83. The largest absolute Gasteiger partial charge is 0.328 e. The number of H-pyrrole nitrogens is 1. The summed E-state index contributed by atoms with van der Waals surface area (Å²) >= 11 is 0. The van der Waals surface area contributed by atoms with Crippen molar-refractivity contribution in [3.8, 4) is 0 Å². The van der Waals surface area contributed by atoms with Gasteiger partial charge >= 0.3 is 0 Å². The van der Waals surface area contributed by atoms with Crippen molar-refractivity contribution in [2.45, 2.75) is 76.4 Å². The van der Waals surface area contributed by atoms with Crippen molar-refractivity contribution in [1.29, 1.82) is 0 Å². The molecule has 0 bridgehead atoms. The van der Waals surface area contributed by atoms with Crippen LogP contribution in [0, 0.1) is 0 Å². The lowest BCUT2D eigenvalue weighted by atomic mass is 9.92. The highest BCUT2D eigenvalue weighted by molar-refractivity contribution is 5.94. The Hall–Kier alpha value is -2.47. The molecule has 164 valence electrons. The van der Waals surface area contributed by atoms with Crippen LogP contribution in [0.5, 0.6) is 0 Å². The molecular formula is C25H32N4O2. The minimum atomic E-state index is -0.162. The first kappa shape index (κ1) is 20.4. The maximum absolute atomic E-state index is 13.2. The Bertz CT molecular complexity index is 981. The van der Waals surface area contributed by atoms with Crippen LogP contribution in [-0.2, 0) is 13.0 Å². The summed E-state index contributed by atoms with van der Waals surface area (Å²) in [4.78, 5) is 38.6. The summed E-state index contributed by atoms with van der Waals surface area (Å²) in [6.45, 7) is 2.41. The van der Waals surface area contributed by atoms with Crippen LogP contribution in [-0.4, -0.2) is 44.8 Å². The Labute approximate surface area is 183 Å². The molecule has 1 N–H and O–H groups in total. The van der Waals surface area contributed by atoms with Crippen molar-refractivity contribution in [2.75, 3.05) is 13.1 Å². The van der Waals surface area contributed by atoms with E-state index in [1.54, 1.807) is 0 Å². The van der Waals surface area contributed by atoms with Crippen LogP contribution in [0.15, 0.2) is 35.1 Å². The molecule has 5 rings (SSSR count). The Kier molecular flexibility index (Phi) is 5.90. The van der Waals surface area contributed by atoms with Crippen molar-refractivity contribution in [3.63, 3.8) is 0 Å². The van der Waals surface area contributed by atoms with Crippen LogP contribution < -0.4 is 5.56 Å². The molecule has 1 amide bonds. The number of amides is 1. The van der Waals surface area contributed by atoms with Crippen LogP contribution in [0.2, 0.25) is 0 Å². The Morgan fingerprint density at radius 1 is 0.968 bits per heavy atom. The van der Waals surface area contributed by atoms with Crippen molar-refractivity contribution >= 4 is 5.91 Å². The number of nitrogens with one attached hydrogen (secondary N) is 1. The Balaban J connectivity index is 1.42. The number of carbonyl (C=O) groups is 1. The molecule has 1 aliphatic carbocycles. The van der Waals surface area contributed by atoms with E-state index in [2.05, 4.69) is 9.88 Å². The minimum absolute atomic E-state index is 0.0130. The number of likely N-dealkylation sites (tertiary alicyclic amines) is 1. The summed E-state index contributed by atoms with van der Waals surface area (Å²) < 4.78 is 0. The van der Waals surface area contributed by atoms with Crippen molar-refractivity contribution in [1.82, 2.24) is 19.8 Å². The minimum Gasteiger partial charge on any atom is -0.328 e. The maximum atomic E-state index is 13.2. The van der Waals surface area contributed by atoms with Crippen molar-refractivity contribution in [2.24, 2.45) is 0 Å². The number of nitrogens with zero attached hydrogens (tertiary/aromatic N) is 3. The number of piperidine rings is 1. The van der Waals surface area contributed by atoms with Crippen LogP contribution in [0.3, 0.4) is 0 Å². The molecule has 2 fully saturated rings. The number of aromatic nitrogens is 2. The first-order valence-electron chi connectivity index (χ1n) is 11.9. The van der Waals surface area contributed by atoms with Gasteiger partial charge in [-0.1, -0.05) is 37.5 Å². The highest BCUT2D eigenvalue weighted by atomic mass is 16.2. The van der Waals surface area contributed by atoms with E-state index in [0.717, 1.165) is 50.0 Å². The summed E-state index contributed by atoms with van der Waals surface area (Å²) in [5, 5.41) is 0. The normalized spacial score (nSPS) is 22.8. The SMILES string of the molecule is O=C(c1ccccc1)N1CCCC[C@@H]1c1nc2c(c(=O)[nH]1)CCN(C1CCCCC1)C2. The van der Waals surface area contributed by atoms with Gasteiger partial charge in [-0.15, -0.1) is 0 Å². The maximum Gasteiger partial charge on any atom is 0.254 e. The molecule has 1 aromatic carbocycles. The number of fused-ring (bicyclic) bond motifs is 1. The van der Waals surface area contributed by atoms with Crippen molar-refractivity contribution < 1.29 is 4.79 Å². The number of hydrogen-bond acceptors (Lipinski definition) is 4. The van der Waals surface area contributed by atoms with Gasteiger partial charge in [-0.05, 0) is 50.7 Å². The van der Waals surface area contributed by atoms with E-state index in [0.29, 0.717) is 24.0 Å². The lowest BCUT2D eigenvalue weighted by Crippen LogP contribution is -2.44. The Morgan fingerprint density at radius 2 is 1.74 bits per heavy atom. The van der Waals surface area contributed by atoms with Gasteiger partial charge in [-0.2, -0.15) is 0 Å². The van der Waals surface area contributed by atoms with Gasteiger partial charge in [-0.3, -0.25) is 14.5 Å².